The van der Waals surface area contributed by atoms with Crippen LogP contribution in [0.2, 0.25) is 0 Å². The van der Waals surface area contributed by atoms with Crippen molar-refractivity contribution in [2.75, 3.05) is 4.72 Å². The van der Waals surface area contributed by atoms with Crippen molar-refractivity contribution < 1.29 is 13.0 Å². The van der Waals surface area contributed by atoms with Crippen LogP contribution in [0.3, 0.4) is 0 Å². The van der Waals surface area contributed by atoms with Gasteiger partial charge in [0.1, 0.15) is 5.69 Å². The van der Waals surface area contributed by atoms with Crippen LogP contribution in [-0.4, -0.2) is 27.9 Å². The molecule has 11 heteroatoms. The van der Waals surface area contributed by atoms with Crippen LogP contribution in [0.5, 0.6) is 0 Å². The monoisotopic (exact) mass is 301 g/mol. The SMILES string of the molecule is Cc1nonc1NS(=O)(=O)c1cn(C)c(=O)n(C)c1=O. The van der Waals surface area contributed by atoms with E-state index in [0.29, 0.717) is 4.57 Å². The third-order valence-electron chi connectivity index (χ3n) is 2.59. The molecule has 20 heavy (non-hydrogen) atoms. The van der Waals surface area contributed by atoms with E-state index in [0.717, 1.165) is 10.8 Å². The molecular formula is C9H11N5O5S. The van der Waals surface area contributed by atoms with E-state index in [-0.39, 0.29) is 11.5 Å². The number of aromatic nitrogens is 4. The second-order valence-electron chi connectivity index (χ2n) is 4.05. The van der Waals surface area contributed by atoms with Gasteiger partial charge >= 0.3 is 5.69 Å². The molecule has 0 bridgehead atoms. The Kier molecular flexibility index (Phi) is 3.21. The van der Waals surface area contributed by atoms with Crippen LogP contribution >= 0.6 is 0 Å². The van der Waals surface area contributed by atoms with Crippen LogP contribution in [-0.2, 0) is 24.1 Å². The minimum Gasteiger partial charge on any atom is -0.302 e. The molecule has 0 fully saturated rings. The summed E-state index contributed by atoms with van der Waals surface area (Å²) < 4.78 is 32.4. The smallest absolute Gasteiger partial charge is 0.302 e. The predicted molar refractivity (Wildman–Crippen MR) is 66.8 cm³/mol. The zero-order valence-electron chi connectivity index (χ0n) is 10.8. The molecule has 2 aromatic rings. The van der Waals surface area contributed by atoms with Gasteiger partial charge in [-0.25, -0.2) is 17.8 Å². The average Bonchev–Trinajstić information content (AvgIpc) is 2.76. The van der Waals surface area contributed by atoms with Gasteiger partial charge in [-0.2, -0.15) is 0 Å². The number of hydrogen-bond donors (Lipinski definition) is 1. The van der Waals surface area contributed by atoms with Gasteiger partial charge < -0.3 is 4.57 Å². The molecule has 0 unspecified atom stereocenters. The van der Waals surface area contributed by atoms with Crippen molar-refractivity contribution in [2.24, 2.45) is 14.1 Å². The van der Waals surface area contributed by atoms with Crippen molar-refractivity contribution in [2.45, 2.75) is 11.8 Å². The second kappa shape index (κ2) is 4.59. The fourth-order valence-corrected chi connectivity index (χ4v) is 2.68. The minimum atomic E-state index is -4.20. The summed E-state index contributed by atoms with van der Waals surface area (Å²) in [6.45, 7) is 1.48. The lowest BCUT2D eigenvalue weighted by molar-refractivity contribution is 0.306. The zero-order chi connectivity index (χ0) is 15.1. The summed E-state index contributed by atoms with van der Waals surface area (Å²) in [4.78, 5) is 22.8. The largest absolute Gasteiger partial charge is 0.330 e. The maximum Gasteiger partial charge on any atom is 0.330 e. The van der Waals surface area contributed by atoms with Crippen LogP contribution in [0.15, 0.2) is 25.3 Å². The molecule has 10 nitrogen and oxygen atoms in total. The summed E-state index contributed by atoms with van der Waals surface area (Å²) >= 11 is 0. The summed E-state index contributed by atoms with van der Waals surface area (Å²) in [6, 6.07) is 0. The third-order valence-corrected chi connectivity index (χ3v) is 3.91. The first kappa shape index (κ1) is 14.0. The predicted octanol–water partition coefficient (Wildman–Crippen LogP) is -1.42. The number of aryl methyl sites for hydroxylation is 2. The van der Waals surface area contributed by atoms with Crippen molar-refractivity contribution in [3.8, 4) is 0 Å². The normalized spacial score (nSPS) is 11.6. The first-order chi connectivity index (χ1) is 9.24. The Balaban J connectivity index is 2.59. The third kappa shape index (κ3) is 2.22. The number of anilines is 1. The van der Waals surface area contributed by atoms with Crippen molar-refractivity contribution >= 4 is 15.8 Å². The molecule has 0 aromatic carbocycles. The van der Waals surface area contributed by atoms with Gasteiger partial charge in [-0.05, 0) is 12.1 Å². The van der Waals surface area contributed by atoms with Crippen LogP contribution in [0.25, 0.3) is 0 Å². The number of hydrogen-bond acceptors (Lipinski definition) is 7. The van der Waals surface area contributed by atoms with E-state index < -0.39 is 26.2 Å². The standard InChI is InChI=1S/C9H11N5O5S/c1-5-7(11-19-10-5)12-20(17,18)6-4-13(2)9(16)14(3)8(6)15/h4H,1-3H3,(H,11,12). The van der Waals surface area contributed by atoms with Gasteiger partial charge in [0, 0.05) is 20.3 Å². The van der Waals surface area contributed by atoms with Crippen LogP contribution in [0.1, 0.15) is 5.69 Å². The molecule has 0 atom stereocenters. The highest BCUT2D eigenvalue weighted by molar-refractivity contribution is 7.92. The van der Waals surface area contributed by atoms with Gasteiger partial charge in [0.2, 0.25) is 5.82 Å². The number of nitrogens with zero attached hydrogens (tertiary/aromatic N) is 4. The first-order valence-electron chi connectivity index (χ1n) is 5.32. The van der Waals surface area contributed by atoms with Gasteiger partial charge in [0.15, 0.2) is 4.90 Å². The van der Waals surface area contributed by atoms with E-state index in [1.807, 2.05) is 0 Å². The van der Waals surface area contributed by atoms with Gasteiger partial charge in [-0.1, -0.05) is 5.16 Å². The first-order valence-corrected chi connectivity index (χ1v) is 6.81. The summed E-state index contributed by atoms with van der Waals surface area (Å²) in [7, 11) is -1.68. The second-order valence-corrected chi connectivity index (χ2v) is 5.71. The summed E-state index contributed by atoms with van der Waals surface area (Å²) in [5, 5.41) is 6.78. The van der Waals surface area contributed by atoms with Gasteiger partial charge in [-0.15, -0.1) is 0 Å². The average molecular weight is 301 g/mol. The molecule has 0 aliphatic heterocycles. The Bertz CT molecular complexity index is 875. The van der Waals surface area contributed by atoms with Crippen molar-refractivity contribution in [1.82, 2.24) is 19.4 Å². The maximum absolute atomic E-state index is 12.1. The number of sulfonamides is 1. The zero-order valence-corrected chi connectivity index (χ0v) is 11.6. The fraction of sp³-hybridized carbons (Fsp3) is 0.333. The number of rotatable bonds is 3. The van der Waals surface area contributed by atoms with E-state index in [2.05, 4.69) is 19.7 Å². The summed E-state index contributed by atoms with van der Waals surface area (Å²) in [6.07, 6.45) is 0.940. The highest BCUT2D eigenvalue weighted by Crippen LogP contribution is 2.12. The number of nitrogens with one attached hydrogen (secondary N) is 1. The van der Waals surface area contributed by atoms with E-state index in [9.17, 15) is 18.0 Å². The lowest BCUT2D eigenvalue weighted by Gasteiger charge is -2.08. The maximum atomic E-state index is 12.1. The van der Waals surface area contributed by atoms with E-state index in [4.69, 9.17) is 0 Å². The molecule has 108 valence electrons. The molecule has 0 radical (unpaired) electrons. The van der Waals surface area contributed by atoms with Crippen LogP contribution < -0.4 is 16.0 Å². The topological polar surface area (TPSA) is 129 Å². The Hall–Kier alpha value is -2.43. The molecule has 0 amide bonds. The molecular weight excluding hydrogens is 290 g/mol. The Morgan fingerprint density at radius 2 is 1.90 bits per heavy atom. The van der Waals surface area contributed by atoms with Gasteiger partial charge in [-0.3, -0.25) is 14.1 Å². The molecule has 0 saturated carbocycles. The Morgan fingerprint density at radius 3 is 2.45 bits per heavy atom. The molecule has 0 aliphatic carbocycles. The lowest BCUT2D eigenvalue weighted by Crippen LogP contribution is -2.40. The molecule has 0 saturated heterocycles. The Morgan fingerprint density at radius 1 is 1.25 bits per heavy atom. The quantitative estimate of drug-likeness (QED) is 0.736. The summed E-state index contributed by atoms with van der Waals surface area (Å²) in [5.74, 6) is -0.124. The van der Waals surface area contributed by atoms with Crippen molar-refractivity contribution in [3.05, 3.63) is 32.7 Å². The fourth-order valence-electron chi connectivity index (χ4n) is 1.47. The van der Waals surface area contributed by atoms with Gasteiger partial charge in [0.25, 0.3) is 15.6 Å². The van der Waals surface area contributed by atoms with E-state index in [1.165, 1.54) is 21.0 Å². The van der Waals surface area contributed by atoms with Crippen molar-refractivity contribution in [3.63, 3.8) is 0 Å². The molecule has 2 heterocycles. The summed E-state index contributed by atoms with van der Waals surface area (Å²) in [5.41, 5.74) is -1.35. The lowest BCUT2D eigenvalue weighted by atomic mass is 10.5. The Labute approximate surface area is 112 Å². The molecule has 2 rings (SSSR count). The van der Waals surface area contributed by atoms with E-state index in [1.54, 1.807) is 0 Å². The molecule has 2 aromatic heterocycles. The van der Waals surface area contributed by atoms with Crippen LogP contribution in [0, 0.1) is 6.92 Å². The molecule has 1 N–H and O–H groups in total. The molecule has 0 spiro atoms. The van der Waals surface area contributed by atoms with Gasteiger partial charge in [0.05, 0.1) is 0 Å². The van der Waals surface area contributed by atoms with E-state index >= 15 is 0 Å². The highest BCUT2D eigenvalue weighted by Gasteiger charge is 2.23. The van der Waals surface area contributed by atoms with Crippen LogP contribution in [0.4, 0.5) is 5.82 Å². The molecule has 0 aliphatic rings. The highest BCUT2D eigenvalue weighted by atomic mass is 32.2. The van der Waals surface area contributed by atoms with Crippen molar-refractivity contribution in [1.29, 1.82) is 0 Å². The minimum absolute atomic E-state index is 0.124.